The number of amides is 2. The minimum absolute atomic E-state index is 0.0101. The summed E-state index contributed by atoms with van der Waals surface area (Å²) in [5, 5.41) is 10.4. The van der Waals surface area contributed by atoms with Crippen LogP contribution >= 0.6 is 11.6 Å². The fourth-order valence-electron chi connectivity index (χ4n) is 2.57. The summed E-state index contributed by atoms with van der Waals surface area (Å²) in [6.45, 7) is 8.14. The molecule has 0 spiro atoms. The molecule has 1 aromatic heterocycles. The first-order valence-electron chi connectivity index (χ1n) is 8.11. The molecule has 0 bridgehead atoms. The predicted molar refractivity (Wildman–Crippen MR) is 98.9 cm³/mol. The number of carbonyl (C=O) groups is 2. The molecule has 6 nitrogen and oxygen atoms in total. The number of nitrogens with one attached hydrogen (secondary N) is 2. The highest BCUT2D eigenvalue weighted by Gasteiger charge is 2.14. The van der Waals surface area contributed by atoms with Crippen LogP contribution in [0.15, 0.2) is 24.3 Å². The van der Waals surface area contributed by atoms with E-state index in [0.29, 0.717) is 17.3 Å². The van der Waals surface area contributed by atoms with Crippen molar-refractivity contribution < 1.29 is 9.59 Å². The molecule has 0 aliphatic heterocycles. The number of nitrogens with zero attached hydrogens (tertiary/aromatic N) is 2. The van der Waals surface area contributed by atoms with Crippen molar-refractivity contribution in [3.05, 3.63) is 46.2 Å². The normalized spacial score (nSPS) is 11.9. The van der Waals surface area contributed by atoms with Gasteiger partial charge in [0.2, 0.25) is 11.8 Å². The Labute approximate surface area is 152 Å². The number of aromatic nitrogens is 2. The molecule has 7 heteroatoms. The summed E-state index contributed by atoms with van der Waals surface area (Å²) in [4.78, 5) is 24.0. The molecule has 0 radical (unpaired) electrons. The molecular weight excluding hydrogens is 340 g/mol. The van der Waals surface area contributed by atoms with E-state index >= 15 is 0 Å². The average molecular weight is 363 g/mol. The van der Waals surface area contributed by atoms with E-state index in [9.17, 15) is 9.59 Å². The Morgan fingerprint density at radius 1 is 1.20 bits per heavy atom. The third kappa shape index (κ3) is 5.32. The van der Waals surface area contributed by atoms with Crippen LogP contribution < -0.4 is 10.6 Å². The van der Waals surface area contributed by atoms with Gasteiger partial charge in [-0.05, 0) is 51.5 Å². The summed E-state index contributed by atoms with van der Waals surface area (Å²) in [6.07, 6.45) is -0.240. The van der Waals surface area contributed by atoms with Crippen LogP contribution in [0.1, 0.15) is 36.3 Å². The van der Waals surface area contributed by atoms with Crippen LogP contribution in [0.5, 0.6) is 0 Å². The third-order valence-corrected chi connectivity index (χ3v) is 4.09. The lowest BCUT2D eigenvalue weighted by atomic mass is 10.2. The van der Waals surface area contributed by atoms with Crippen molar-refractivity contribution in [2.75, 3.05) is 11.9 Å². The summed E-state index contributed by atoms with van der Waals surface area (Å²) in [7, 11) is 0. The standard InChI is InChI=1S/C18H23ClN4O2/c1-11-5-6-15(19)8-16(11)21-18(25)9-17(24)20-10-14(4)23-13(3)7-12(2)22-23/h5-8,14H,9-10H2,1-4H3,(H,20,24)(H,21,25). The van der Waals surface area contributed by atoms with Gasteiger partial charge in [0.05, 0.1) is 11.7 Å². The molecule has 1 aromatic carbocycles. The van der Waals surface area contributed by atoms with E-state index in [0.717, 1.165) is 17.0 Å². The van der Waals surface area contributed by atoms with Gasteiger partial charge in [-0.2, -0.15) is 5.10 Å². The summed E-state index contributed by atoms with van der Waals surface area (Å²) < 4.78 is 1.87. The molecule has 134 valence electrons. The molecule has 0 fully saturated rings. The highest BCUT2D eigenvalue weighted by Crippen LogP contribution is 2.20. The summed E-state index contributed by atoms with van der Waals surface area (Å²) >= 11 is 5.92. The van der Waals surface area contributed by atoms with Gasteiger partial charge in [0.25, 0.3) is 0 Å². The Kier molecular flexibility index (Phi) is 6.20. The molecule has 1 heterocycles. The van der Waals surface area contributed by atoms with E-state index in [4.69, 9.17) is 11.6 Å². The molecular formula is C18H23ClN4O2. The monoisotopic (exact) mass is 362 g/mol. The van der Waals surface area contributed by atoms with Crippen LogP contribution in [0.25, 0.3) is 0 Å². The van der Waals surface area contributed by atoms with Gasteiger partial charge in [0, 0.05) is 22.9 Å². The second-order valence-corrected chi connectivity index (χ2v) is 6.65. The minimum atomic E-state index is -0.373. The highest BCUT2D eigenvalue weighted by atomic mass is 35.5. The zero-order chi connectivity index (χ0) is 18.6. The van der Waals surface area contributed by atoms with Crippen molar-refractivity contribution in [2.24, 2.45) is 0 Å². The molecule has 1 atom stereocenters. The summed E-state index contributed by atoms with van der Waals surface area (Å²) in [5.74, 6) is -0.702. The second kappa shape index (κ2) is 8.16. The van der Waals surface area contributed by atoms with Gasteiger partial charge in [0.1, 0.15) is 6.42 Å². The Balaban J connectivity index is 1.84. The van der Waals surface area contributed by atoms with Crippen LogP contribution in [-0.2, 0) is 9.59 Å². The van der Waals surface area contributed by atoms with E-state index in [2.05, 4.69) is 15.7 Å². The van der Waals surface area contributed by atoms with Crippen LogP contribution in [0.2, 0.25) is 5.02 Å². The topological polar surface area (TPSA) is 76.0 Å². The van der Waals surface area contributed by atoms with Crippen molar-refractivity contribution in [1.29, 1.82) is 0 Å². The molecule has 0 saturated carbocycles. The molecule has 25 heavy (non-hydrogen) atoms. The van der Waals surface area contributed by atoms with Crippen LogP contribution in [-0.4, -0.2) is 28.1 Å². The Morgan fingerprint density at radius 2 is 1.92 bits per heavy atom. The molecule has 0 saturated heterocycles. The van der Waals surface area contributed by atoms with E-state index in [1.165, 1.54) is 0 Å². The maximum Gasteiger partial charge on any atom is 0.233 e. The number of aryl methyl sites for hydroxylation is 3. The van der Waals surface area contributed by atoms with Gasteiger partial charge in [-0.3, -0.25) is 14.3 Å². The van der Waals surface area contributed by atoms with Gasteiger partial charge >= 0.3 is 0 Å². The van der Waals surface area contributed by atoms with Gasteiger partial charge in [-0.1, -0.05) is 17.7 Å². The summed E-state index contributed by atoms with van der Waals surface area (Å²) in [6, 6.07) is 7.22. The van der Waals surface area contributed by atoms with E-state index < -0.39 is 0 Å². The van der Waals surface area contributed by atoms with Crippen LogP contribution in [0.4, 0.5) is 5.69 Å². The van der Waals surface area contributed by atoms with E-state index in [1.54, 1.807) is 12.1 Å². The lowest BCUT2D eigenvalue weighted by Crippen LogP contribution is -2.32. The Morgan fingerprint density at radius 3 is 2.56 bits per heavy atom. The fourth-order valence-corrected chi connectivity index (χ4v) is 2.74. The molecule has 0 aliphatic rings. The number of hydrogen-bond acceptors (Lipinski definition) is 3. The first kappa shape index (κ1) is 19.0. The van der Waals surface area contributed by atoms with Gasteiger partial charge in [-0.25, -0.2) is 0 Å². The number of hydrogen-bond donors (Lipinski definition) is 2. The maximum absolute atomic E-state index is 12.0. The number of benzene rings is 1. The van der Waals surface area contributed by atoms with Gasteiger partial charge in [-0.15, -0.1) is 0 Å². The first-order chi connectivity index (χ1) is 11.8. The quantitative estimate of drug-likeness (QED) is 0.775. The molecule has 1 unspecified atom stereocenters. The van der Waals surface area contributed by atoms with Crippen molar-refractivity contribution >= 4 is 29.1 Å². The highest BCUT2D eigenvalue weighted by molar-refractivity contribution is 6.31. The van der Waals surface area contributed by atoms with E-state index in [-0.39, 0.29) is 24.3 Å². The number of carbonyl (C=O) groups excluding carboxylic acids is 2. The first-order valence-corrected chi connectivity index (χ1v) is 8.49. The maximum atomic E-state index is 12.0. The van der Waals surface area contributed by atoms with Gasteiger partial charge in [0.15, 0.2) is 0 Å². The van der Waals surface area contributed by atoms with Crippen molar-refractivity contribution in [2.45, 2.75) is 40.2 Å². The van der Waals surface area contributed by atoms with E-state index in [1.807, 2.05) is 44.5 Å². The zero-order valence-corrected chi connectivity index (χ0v) is 15.6. The lowest BCUT2D eigenvalue weighted by molar-refractivity contribution is -0.126. The van der Waals surface area contributed by atoms with Crippen molar-refractivity contribution in [3.8, 4) is 0 Å². The molecule has 2 amide bonds. The smallest absolute Gasteiger partial charge is 0.233 e. The second-order valence-electron chi connectivity index (χ2n) is 6.21. The molecule has 2 aromatic rings. The van der Waals surface area contributed by atoms with Gasteiger partial charge < -0.3 is 10.6 Å². The Hall–Kier alpha value is -2.34. The molecule has 0 aliphatic carbocycles. The third-order valence-electron chi connectivity index (χ3n) is 3.85. The largest absolute Gasteiger partial charge is 0.354 e. The SMILES string of the molecule is Cc1cc(C)n(C(C)CNC(=O)CC(=O)Nc2cc(Cl)ccc2C)n1. The van der Waals surface area contributed by atoms with Crippen molar-refractivity contribution in [1.82, 2.24) is 15.1 Å². The summed E-state index contributed by atoms with van der Waals surface area (Å²) in [5.41, 5.74) is 3.47. The number of halogens is 1. The van der Waals surface area contributed by atoms with Crippen LogP contribution in [0, 0.1) is 20.8 Å². The van der Waals surface area contributed by atoms with Crippen LogP contribution in [0.3, 0.4) is 0 Å². The molecule has 2 rings (SSSR count). The average Bonchev–Trinajstić information content (AvgIpc) is 2.87. The number of rotatable bonds is 6. The fraction of sp³-hybridized carbons (Fsp3) is 0.389. The number of anilines is 1. The predicted octanol–water partition coefficient (Wildman–Crippen LogP) is 3.17. The van der Waals surface area contributed by atoms with Crippen molar-refractivity contribution in [3.63, 3.8) is 0 Å². The zero-order valence-electron chi connectivity index (χ0n) is 14.9. The minimum Gasteiger partial charge on any atom is -0.354 e. The lowest BCUT2D eigenvalue weighted by Gasteiger charge is -2.15. The Bertz CT molecular complexity index is 785. The molecule has 2 N–H and O–H groups in total.